The van der Waals surface area contributed by atoms with Crippen LogP contribution in [0.5, 0.6) is 0 Å². The van der Waals surface area contributed by atoms with Crippen LogP contribution in [-0.4, -0.2) is 51.8 Å². The minimum Gasteiger partial charge on any atom is -0.417 e. The topological polar surface area (TPSA) is 27.7 Å². The highest BCUT2D eigenvalue weighted by Gasteiger charge is 2.44. The van der Waals surface area contributed by atoms with E-state index in [2.05, 4.69) is 133 Å². The molecule has 0 saturated carbocycles. The molecule has 0 aromatic heterocycles. The van der Waals surface area contributed by atoms with E-state index in [1.54, 1.807) is 0 Å². The highest BCUT2D eigenvalue weighted by atomic mass is 28.4. The van der Waals surface area contributed by atoms with Gasteiger partial charge in [0.1, 0.15) is 14.2 Å². The fourth-order valence-electron chi connectivity index (χ4n) is 2.64. The fourth-order valence-corrected chi connectivity index (χ4v) is 6.85. The molecule has 0 saturated heterocycles. The molecule has 0 fully saturated rings. The maximum atomic E-state index is 7.09. The molecule has 0 aromatic carbocycles. The molecule has 0 aliphatic carbocycles. The average molecular weight is 559 g/mol. The van der Waals surface area contributed by atoms with Crippen molar-refractivity contribution in [3.05, 3.63) is 0 Å². The van der Waals surface area contributed by atoms with Gasteiger partial charge in [-0.2, -0.15) is 0 Å². The molecule has 7 heteroatoms. The van der Waals surface area contributed by atoms with Crippen LogP contribution in [-0.2, 0) is 13.3 Å². The summed E-state index contributed by atoms with van der Waals surface area (Å²) < 4.78 is 20.6. The van der Waals surface area contributed by atoms with Crippen LogP contribution in [0.1, 0.15) is 75.2 Å². The van der Waals surface area contributed by atoms with Crippen molar-refractivity contribution in [1.82, 2.24) is 0 Å². The Morgan fingerprint density at radius 1 is 0.600 bits per heavy atom. The third-order valence-corrected chi connectivity index (χ3v) is 22.7. The maximum Gasteiger partial charge on any atom is 0.193 e. The van der Waals surface area contributed by atoms with E-state index in [0.29, 0.717) is 0 Å². The molecule has 2 atom stereocenters. The number of rotatable bonds is 10. The van der Waals surface area contributed by atoms with E-state index in [4.69, 9.17) is 13.3 Å². The molecule has 0 bridgehead atoms. The summed E-state index contributed by atoms with van der Waals surface area (Å²) >= 11 is 0. The van der Waals surface area contributed by atoms with Gasteiger partial charge in [-0.05, 0) is 67.2 Å². The smallest absolute Gasteiger partial charge is 0.193 e. The van der Waals surface area contributed by atoms with E-state index in [0.717, 1.165) is 19.4 Å². The standard InChI is InChI=1S/C28H62O3Si4/c1-26(2,3)33(13,14)29-22-19-20-24(30-34(15,16)27(4,5)6)25(21-23-32(10,11)12)31-35(17,18)28(7,8)9/h24-25H,19-20,22H2,1-18H3/t24-,25+/m0/s1. The van der Waals surface area contributed by atoms with Crippen LogP contribution >= 0.6 is 0 Å². The second-order valence-corrected chi connectivity index (χ2v) is 35.1. The summed E-state index contributed by atoms with van der Waals surface area (Å²) in [6, 6.07) is 0. The average Bonchev–Trinajstić information content (AvgIpc) is 2.57. The highest BCUT2D eigenvalue weighted by Crippen LogP contribution is 2.41. The van der Waals surface area contributed by atoms with Gasteiger partial charge in [-0.25, -0.2) is 0 Å². The van der Waals surface area contributed by atoms with Crippen LogP contribution in [0, 0.1) is 11.5 Å². The van der Waals surface area contributed by atoms with Crippen molar-refractivity contribution in [3.8, 4) is 11.5 Å². The van der Waals surface area contributed by atoms with Crippen molar-refractivity contribution in [2.24, 2.45) is 0 Å². The molecule has 0 amide bonds. The van der Waals surface area contributed by atoms with Gasteiger partial charge in [-0.15, -0.1) is 5.54 Å². The normalized spacial score (nSPS) is 16.5. The summed E-state index contributed by atoms with van der Waals surface area (Å²) in [5.74, 6) is 3.63. The van der Waals surface area contributed by atoms with Gasteiger partial charge in [0, 0.05) is 6.61 Å². The van der Waals surface area contributed by atoms with Crippen molar-refractivity contribution in [2.75, 3.05) is 6.61 Å². The molecule has 0 heterocycles. The first kappa shape index (κ1) is 35.3. The van der Waals surface area contributed by atoms with Gasteiger partial charge in [0.25, 0.3) is 0 Å². The Hall–Kier alpha value is 0.308. The van der Waals surface area contributed by atoms with E-state index in [-0.39, 0.29) is 27.3 Å². The zero-order valence-electron chi connectivity index (χ0n) is 27.0. The first-order chi connectivity index (χ1) is 15.1. The van der Waals surface area contributed by atoms with Crippen LogP contribution in [0.25, 0.3) is 0 Å². The Balaban J connectivity index is 6.13. The molecule has 0 spiro atoms. The summed E-state index contributed by atoms with van der Waals surface area (Å²) in [6.07, 6.45) is 1.67. The lowest BCUT2D eigenvalue weighted by Crippen LogP contribution is -2.51. The fraction of sp³-hybridized carbons (Fsp3) is 0.929. The Bertz CT molecular complexity index is 721. The summed E-state index contributed by atoms with van der Waals surface area (Å²) in [5.41, 5.74) is 3.63. The molecule has 35 heavy (non-hydrogen) atoms. The van der Waals surface area contributed by atoms with Crippen molar-refractivity contribution in [2.45, 2.75) is 161 Å². The third kappa shape index (κ3) is 11.7. The maximum absolute atomic E-state index is 7.09. The van der Waals surface area contributed by atoms with Crippen LogP contribution in [0.15, 0.2) is 0 Å². The predicted molar refractivity (Wildman–Crippen MR) is 168 cm³/mol. The SMILES string of the molecule is CC(C)(C)[Si](C)(C)OCCC[C@H](O[Si](C)(C)C(C)(C)C)[C@@H](C#C[Si](C)(C)C)O[Si](C)(C)C(C)(C)C. The van der Waals surface area contributed by atoms with Crippen LogP contribution in [0.4, 0.5) is 0 Å². The Morgan fingerprint density at radius 3 is 1.37 bits per heavy atom. The van der Waals surface area contributed by atoms with Gasteiger partial charge >= 0.3 is 0 Å². The summed E-state index contributed by atoms with van der Waals surface area (Å²) in [6.45, 7) is 42.5. The third-order valence-electron chi connectivity index (χ3n) is 8.31. The van der Waals surface area contributed by atoms with Crippen LogP contribution in [0.3, 0.4) is 0 Å². The molecule has 0 radical (unpaired) electrons. The van der Waals surface area contributed by atoms with E-state index in [9.17, 15) is 0 Å². The zero-order valence-corrected chi connectivity index (χ0v) is 31.0. The summed E-state index contributed by atoms with van der Waals surface area (Å²) in [5, 5.41) is 0.483. The molecule has 0 aliphatic rings. The lowest BCUT2D eigenvalue weighted by atomic mass is 10.1. The van der Waals surface area contributed by atoms with Gasteiger partial charge in [-0.3, -0.25) is 0 Å². The van der Waals surface area contributed by atoms with E-state index < -0.39 is 33.0 Å². The van der Waals surface area contributed by atoms with Gasteiger partial charge in [0.2, 0.25) is 0 Å². The Labute approximate surface area is 225 Å². The van der Waals surface area contributed by atoms with Gasteiger partial charge in [0.05, 0.1) is 6.10 Å². The zero-order chi connectivity index (χ0) is 28.3. The highest BCUT2D eigenvalue weighted by molar-refractivity contribution is 6.84. The van der Waals surface area contributed by atoms with E-state index >= 15 is 0 Å². The first-order valence-electron chi connectivity index (χ1n) is 13.7. The van der Waals surface area contributed by atoms with Gasteiger partial charge in [-0.1, -0.05) is 87.9 Å². The van der Waals surface area contributed by atoms with Crippen molar-refractivity contribution < 1.29 is 13.3 Å². The van der Waals surface area contributed by atoms with Crippen LogP contribution < -0.4 is 0 Å². The minimum absolute atomic E-state index is 0.0307. The summed E-state index contributed by atoms with van der Waals surface area (Å²) in [7, 11) is -7.35. The molecular formula is C28H62O3Si4. The molecule has 0 rings (SSSR count). The van der Waals surface area contributed by atoms with Gasteiger partial charge < -0.3 is 13.3 Å². The van der Waals surface area contributed by atoms with Crippen molar-refractivity contribution in [3.63, 3.8) is 0 Å². The van der Waals surface area contributed by atoms with E-state index in [1.807, 2.05) is 0 Å². The molecule has 208 valence electrons. The Kier molecular flexibility index (Phi) is 12.1. The lowest BCUT2D eigenvalue weighted by Gasteiger charge is -2.44. The minimum atomic E-state index is -2.03. The largest absolute Gasteiger partial charge is 0.417 e. The predicted octanol–water partition coefficient (Wildman–Crippen LogP) is 9.45. The molecule has 3 nitrogen and oxygen atoms in total. The molecule has 0 unspecified atom stereocenters. The molecule has 0 aliphatic heterocycles. The summed E-state index contributed by atoms with van der Waals surface area (Å²) in [4.78, 5) is 0. The van der Waals surface area contributed by atoms with E-state index in [1.165, 1.54) is 0 Å². The van der Waals surface area contributed by atoms with Crippen molar-refractivity contribution >= 4 is 33.0 Å². The lowest BCUT2D eigenvalue weighted by molar-refractivity contribution is 0.0583. The second-order valence-electron chi connectivity index (χ2n) is 16.0. The van der Waals surface area contributed by atoms with Crippen LogP contribution in [0.2, 0.25) is 74.0 Å². The second kappa shape index (κ2) is 12.0. The van der Waals surface area contributed by atoms with Gasteiger partial charge in [0.15, 0.2) is 25.0 Å². The molecule has 0 N–H and O–H groups in total. The number of hydrogen-bond donors (Lipinski definition) is 0. The van der Waals surface area contributed by atoms with Crippen molar-refractivity contribution in [1.29, 1.82) is 0 Å². The number of hydrogen-bond acceptors (Lipinski definition) is 3. The monoisotopic (exact) mass is 558 g/mol. The molecular weight excluding hydrogens is 497 g/mol. The molecule has 0 aromatic rings. The quantitative estimate of drug-likeness (QED) is 0.152. The first-order valence-corrected chi connectivity index (χ1v) is 25.9. The Morgan fingerprint density at radius 2 is 1.00 bits per heavy atom.